The number of benzene rings is 1. The van der Waals surface area contributed by atoms with Crippen LogP contribution in [0.3, 0.4) is 0 Å². The zero-order valence-electron chi connectivity index (χ0n) is 10.2. The summed E-state index contributed by atoms with van der Waals surface area (Å²) in [6.07, 6.45) is 2.69. The van der Waals surface area contributed by atoms with E-state index in [1.54, 1.807) is 12.1 Å². The molecule has 0 aromatic heterocycles. The third-order valence-corrected chi connectivity index (χ3v) is 3.99. The molecular formula is C13H19NO3S. The first-order valence-corrected chi connectivity index (χ1v) is 7.45. The van der Waals surface area contributed by atoms with Gasteiger partial charge in [-0.15, -0.1) is 0 Å². The second-order valence-electron chi connectivity index (χ2n) is 4.57. The van der Waals surface area contributed by atoms with E-state index in [-0.39, 0.29) is 0 Å². The minimum atomic E-state index is -1.95. The average molecular weight is 269 g/mol. The standard InChI is InChI=1S/C13H19NO3S/c15-18(16)13(7-6-11-8-9-14-10-11)17-12-4-2-1-3-5-12/h1-5,11,13-14H,6-10H2,(H,15,16). The lowest BCUT2D eigenvalue weighted by Gasteiger charge is -2.17. The highest BCUT2D eigenvalue weighted by atomic mass is 32.2. The summed E-state index contributed by atoms with van der Waals surface area (Å²) < 4.78 is 26.1. The van der Waals surface area contributed by atoms with E-state index in [4.69, 9.17) is 4.74 Å². The molecule has 3 atom stereocenters. The Bertz CT molecular complexity index is 379. The van der Waals surface area contributed by atoms with Crippen molar-refractivity contribution >= 4 is 11.1 Å². The van der Waals surface area contributed by atoms with Gasteiger partial charge in [0.2, 0.25) is 0 Å². The molecule has 0 spiro atoms. The number of ether oxygens (including phenoxy) is 1. The maximum Gasteiger partial charge on any atom is 0.198 e. The lowest BCUT2D eigenvalue weighted by Crippen LogP contribution is -2.23. The molecule has 1 heterocycles. The molecule has 0 saturated carbocycles. The van der Waals surface area contributed by atoms with Crippen molar-refractivity contribution in [3.63, 3.8) is 0 Å². The van der Waals surface area contributed by atoms with E-state index in [2.05, 4.69) is 5.32 Å². The van der Waals surface area contributed by atoms with Gasteiger partial charge in [-0.3, -0.25) is 0 Å². The minimum absolute atomic E-state index is 0.607. The molecule has 0 radical (unpaired) electrons. The van der Waals surface area contributed by atoms with Crippen LogP contribution in [0.1, 0.15) is 19.3 Å². The molecule has 0 aliphatic carbocycles. The molecule has 100 valence electrons. The Labute approximate surface area is 110 Å². The highest BCUT2D eigenvalue weighted by Crippen LogP contribution is 2.20. The highest BCUT2D eigenvalue weighted by Gasteiger charge is 2.21. The number of nitrogens with one attached hydrogen (secondary N) is 1. The summed E-state index contributed by atoms with van der Waals surface area (Å²) in [5.74, 6) is 1.25. The SMILES string of the molecule is O=S(O)C(CCC1CCNC1)Oc1ccccc1. The monoisotopic (exact) mass is 269 g/mol. The molecular weight excluding hydrogens is 250 g/mol. The van der Waals surface area contributed by atoms with E-state index in [0.29, 0.717) is 18.1 Å². The molecule has 1 fully saturated rings. The summed E-state index contributed by atoms with van der Waals surface area (Å²) in [6, 6.07) is 9.21. The van der Waals surface area contributed by atoms with Gasteiger partial charge in [-0.2, -0.15) is 0 Å². The zero-order valence-corrected chi connectivity index (χ0v) is 11.1. The molecule has 4 nitrogen and oxygen atoms in total. The van der Waals surface area contributed by atoms with E-state index >= 15 is 0 Å². The van der Waals surface area contributed by atoms with Crippen molar-refractivity contribution in [2.45, 2.75) is 24.7 Å². The van der Waals surface area contributed by atoms with E-state index in [0.717, 1.165) is 25.9 Å². The second kappa shape index (κ2) is 6.87. The van der Waals surface area contributed by atoms with Crippen LogP contribution in [-0.4, -0.2) is 27.3 Å². The number of hydrogen-bond acceptors (Lipinski definition) is 3. The molecule has 1 saturated heterocycles. The molecule has 0 amide bonds. The summed E-state index contributed by atoms with van der Waals surface area (Å²) in [6.45, 7) is 2.06. The Morgan fingerprint density at radius 2 is 2.22 bits per heavy atom. The maximum absolute atomic E-state index is 11.3. The van der Waals surface area contributed by atoms with E-state index in [1.165, 1.54) is 0 Å². The molecule has 1 aliphatic rings. The molecule has 3 unspecified atom stereocenters. The molecule has 18 heavy (non-hydrogen) atoms. The summed E-state index contributed by atoms with van der Waals surface area (Å²) in [5, 5.41) is 3.30. The van der Waals surface area contributed by atoms with Crippen LogP contribution in [0.2, 0.25) is 0 Å². The van der Waals surface area contributed by atoms with Crippen LogP contribution < -0.4 is 10.1 Å². The Balaban J connectivity index is 1.85. The first-order valence-electron chi connectivity index (χ1n) is 6.28. The summed E-state index contributed by atoms with van der Waals surface area (Å²) >= 11 is -1.95. The molecule has 1 aromatic carbocycles. The molecule has 1 aliphatic heterocycles. The van der Waals surface area contributed by atoms with Crippen molar-refractivity contribution < 1.29 is 13.5 Å². The lowest BCUT2D eigenvalue weighted by molar-refractivity contribution is 0.247. The van der Waals surface area contributed by atoms with Gasteiger partial charge in [-0.05, 0) is 50.4 Å². The second-order valence-corrected chi connectivity index (χ2v) is 5.65. The Morgan fingerprint density at radius 3 is 2.83 bits per heavy atom. The Kier molecular flexibility index (Phi) is 5.16. The van der Waals surface area contributed by atoms with Gasteiger partial charge in [-0.25, -0.2) is 4.21 Å². The van der Waals surface area contributed by atoms with Crippen molar-refractivity contribution in [1.29, 1.82) is 0 Å². The third-order valence-electron chi connectivity index (χ3n) is 3.21. The van der Waals surface area contributed by atoms with Gasteiger partial charge in [-0.1, -0.05) is 18.2 Å². The third kappa shape index (κ3) is 4.08. The summed E-state index contributed by atoms with van der Waals surface area (Å²) in [5.41, 5.74) is -0.631. The lowest BCUT2D eigenvalue weighted by atomic mass is 10.0. The van der Waals surface area contributed by atoms with E-state index < -0.39 is 16.5 Å². The number of rotatable bonds is 6. The van der Waals surface area contributed by atoms with Gasteiger partial charge >= 0.3 is 0 Å². The summed E-state index contributed by atoms with van der Waals surface area (Å²) in [7, 11) is 0. The van der Waals surface area contributed by atoms with Crippen LogP contribution in [0.15, 0.2) is 30.3 Å². The van der Waals surface area contributed by atoms with Crippen LogP contribution in [0.4, 0.5) is 0 Å². The fraction of sp³-hybridized carbons (Fsp3) is 0.538. The van der Waals surface area contributed by atoms with Gasteiger partial charge in [0.1, 0.15) is 5.75 Å². The van der Waals surface area contributed by atoms with Crippen molar-refractivity contribution in [1.82, 2.24) is 5.32 Å². The number of para-hydroxylation sites is 1. The topological polar surface area (TPSA) is 58.6 Å². The predicted molar refractivity (Wildman–Crippen MR) is 71.8 cm³/mol. The minimum Gasteiger partial charge on any atom is -0.475 e. The normalized spacial score (nSPS) is 22.6. The fourth-order valence-corrected chi connectivity index (χ4v) is 2.72. The van der Waals surface area contributed by atoms with Crippen LogP contribution >= 0.6 is 0 Å². The molecule has 2 rings (SSSR count). The van der Waals surface area contributed by atoms with Gasteiger partial charge in [0, 0.05) is 0 Å². The van der Waals surface area contributed by atoms with E-state index in [1.807, 2.05) is 18.2 Å². The van der Waals surface area contributed by atoms with Gasteiger partial charge in [0.25, 0.3) is 0 Å². The van der Waals surface area contributed by atoms with Crippen LogP contribution in [-0.2, 0) is 11.1 Å². The maximum atomic E-state index is 11.3. The predicted octanol–water partition coefficient (Wildman–Crippen LogP) is 2.00. The number of hydrogen-bond donors (Lipinski definition) is 2. The van der Waals surface area contributed by atoms with Crippen molar-refractivity contribution in [3.8, 4) is 5.75 Å². The van der Waals surface area contributed by atoms with E-state index in [9.17, 15) is 8.76 Å². The quantitative estimate of drug-likeness (QED) is 0.776. The Morgan fingerprint density at radius 1 is 1.44 bits per heavy atom. The van der Waals surface area contributed by atoms with Gasteiger partial charge < -0.3 is 14.6 Å². The first-order chi connectivity index (χ1) is 8.75. The van der Waals surface area contributed by atoms with Gasteiger partial charge in [0.15, 0.2) is 16.5 Å². The van der Waals surface area contributed by atoms with Crippen molar-refractivity contribution in [3.05, 3.63) is 30.3 Å². The molecule has 5 heteroatoms. The smallest absolute Gasteiger partial charge is 0.198 e. The van der Waals surface area contributed by atoms with Crippen LogP contribution in [0, 0.1) is 5.92 Å². The molecule has 2 N–H and O–H groups in total. The average Bonchev–Trinajstić information content (AvgIpc) is 2.88. The van der Waals surface area contributed by atoms with Crippen molar-refractivity contribution in [2.24, 2.45) is 5.92 Å². The van der Waals surface area contributed by atoms with Crippen LogP contribution in [0.25, 0.3) is 0 Å². The molecule has 0 bridgehead atoms. The molecule has 1 aromatic rings. The zero-order chi connectivity index (χ0) is 12.8. The fourth-order valence-electron chi connectivity index (χ4n) is 2.18. The highest BCUT2D eigenvalue weighted by molar-refractivity contribution is 7.79. The van der Waals surface area contributed by atoms with Crippen LogP contribution in [0.5, 0.6) is 5.75 Å². The van der Waals surface area contributed by atoms with Gasteiger partial charge in [0.05, 0.1) is 0 Å². The summed E-state index contributed by atoms with van der Waals surface area (Å²) in [4.78, 5) is 0. The first kappa shape index (κ1) is 13.5. The largest absolute Gasteiger partial charge is 0.475 e. The Hall–Kier alpha value is -0.910. The van der Waals surface area contributed by atoms with Crippen molar-refractivity contribution in [2.75, 3.05) is 13.1 Å².